The summed E-state index contributed by atoms with van der Waals surface area (Å²) in [6, 6.07) is 40.4. The number of anilines is 3. The second kappa shape index (κ2) is 28.7. The number of piperazine rings is 3. The van der Waals surface area contributed by atoms with E-state index in [1.54, 1.807) is 108 Å². The number of fused-ring (bicyclic) bond motifs is 3. The standard InChI is InChI=1S/C24H28N4O3.C23H23F3N4O3.C20H20FN5O2/c1-4-28-23(29)19-10-6-5-9-18(19)22(25-28)24(30)27-15-13-26(14-16-27)20-11-7-8-12-21(20)31-17(2)3;1-2-30-21(31)17-8-4-3-7-16(17)20(27-30)22(32)29-13-11-28(12-14-29)18-9-5-6-10-19(18)33-15-23(24,25)26;1-2-26-19(27)15-7-4-3-6-14(15)18(23-26)20(28)25-12-10-24(11-13-25)17-9-5-8-16(21)22-17/h5-12,17H,4,13-16H2,1-3H3;3-10H,2,11-15H2,1H3;3-9H,2,10-13H2,1H3. The number of rotatable bonds is 13. The molecule has 0 spiro atoms. The van der Waals surface area contributed by atoms with Gasteiger partial charge in [0.1, 0.15) is 17.3 Å². The van der Waals surface area contributed by atoms with Crippen molar-refractivity contribution in [1.82, 2.24) is 49.0 Å². The first-order valence-corrected chi connectivity index (χ1v) is 30.6. The third kappa shape index (κ3) is 14.5. The zero-order valence-corrected chi connectivity index (χ0v) is 51.8. The molecule has 3 amide bonds. The van der Waals surface area contributed by atoms with E-state index in [2.05, 4.69) is 31.2 Å². The van der Waals surface area contributed by atoms with E-state index in [4.69, 9.17) is 9.47 Å². The van der Waals surface area contributed by atoms with Crippen LogP contribution in [0.1, 0.15) is 66.1 Å². The van der Waals surface area contributed by atoms with Crippen molar-refractivity contribution in [1.29, 1.82) is 0 Å². The number of nitrogens with zero attached hydrogens (tertiary/aromatic N) is 13. The lowest BCUT2D eigenvalue weighted by Crippen LogP contribution is -2.49. The van der Waals surface area contributed by atoms with Crippen LogP contribution in [0.5, 0.6) is 11.5 Å². The maximum atomic E-state index is 13.4. The first-order valence-electron chi connectivity index (χ1n) is 30.6. The van der Waals surface area contributed by atoms with Crippen molar-refractivity contribution in [2.45, 2.75) is 66.5 Å². The summed E-state index contributed by atoms with van der Waals surface area (Å²) < 4.78 is 66.1. The van der Waals surface area contributed by atoms with Crippen LogP contribution in [-0.4, -0.2) is 164 Å². The van der Waals surface area contributed by atoms with Gasteiger partial charge in [0.25, 0.3) is 34.4 Å². The summed E-state index contributed by atoms with van der Waals surface area (Å²) in [6.07, 6.45) is -4.33. The predicted molar refractivity (Wildman–Crippen MR) is 344 cm³/mol. The van der Waals surface area contributed by atoms with Crippen LogP contribution in [0.2, 0.25) is 0 Å². The van der Waals surface area contributed by atoms with Gasteiger partial charge in [-0.15, -0.1) is 0 Å². The van der Waals surface area contributed by atoms with Gasteiger partial charge in [-0.05, 0) is 89.2 Å². The van der Waals surface area contributed by atoms with Gasteiger partial charge in [0.15, 0.2) is 23.7 Å². The highest BCUT2D eigenvalue weighted by molar-refractivity contribution is 6.06. The molecule has 25 heteroatoms. The minimum atomic E-state index is -4.43. The third-order valence-electron chi connectivity index (χ3n) is 16.0. The van der Waals surface area contributed by atoms with Crippen LogP contribution in [0.4, 0.5) is 34.8 Å². The number of carbonyl (C=O) groups is 3. The smallest absolute Gasteiger partial charge is 0.422 e. The monoisotopic (exact) mass is 1260 g/mol. The molecular weight excluding hydrogens is 1190 g/mol. The Bertz CT molecular complexity index is 4330. The molecule has 7 heterocycles. The number of benzene rings is 5. The number of para-hydroxylation sites is 4. The van der Waals surface area contributed by atoms with E-state index >= 15 is 0 Å². The van der Waals surface area contributed by atoms with Crippen LogP contribution < -0.4 is 40.9 Å². The SMILES string of the molecule is CCn1nc(C(=O)N2CCN(c3cccc(F)n3)CC2)c2ccccc2c1=O.CCn1nc(C(=O)N2CCN(c3ccccc3OC(C)C)CC2)c2ccccc2c1=O.CCn1nc(C(=O)N2CCN(c3ccccc3OCC(F)(F)F)CC2)c2ccccc2c1=O. The molecule has 3 saturated heterocycles. The molecule has 21 nitrogen and oxygen atoms in total. The van der Waals surface area contributed by atoms with E-state index in [0.717, 1.165) is 11.4 Å². The number of carbonyl (C=O) groups excluding carboxylic acids is 3. The van der Waals surface area contributed by atoms with Gasteiger partial charge < -0.3 is 38.9 Å². The normalized spacial score (nSPS) is 14.5. The lowest BCUT2D eigenvalue weighted by atomic mass is 10.1. The predicted octanol–water partition coefficient (Wildman–Crippen LogP) is 8.40. The summed E-state index contributed by atoms with van der Waals surface area (Å²) in [6.45, 7) is 15.4. The Kier molecular flexibility index (Phi) is 20.2. The summed E-state index contributed by atoms with van der Waals surface area (Å²) in [5, 5.41) is 16.2. The second-order valence-corrected chi connectivity index (χ2v) is 22.2. The molecule has 12 rings (SSSR count). The van der Waals surface area contributed by atoms with Crippen LogP contribution >= 0.6 is 0 Å². The number of ether oxygens (including phenoxy) is 2. The highest BCUT2D eigenvalue weighted by atomic mass is 19.4. The maximum absolute atomic E-state index is 13.4. The summed E-state index contributed by atoms with van der Waals surface area (Å²) in [7, 11) is 0. The first-order chi connectivity index (χ1) is 44.4. The molecule has 0 saturated carbocycles. The van der Waals surface area contributed by atoms with Crippen molar-refractivity contribution in [3.63, 3.8) is 0 Å². The van der Waals surface area contributed by atoms with E-state index in [1.807, 2.05) is 72.7 Å². The number of alkyl halides is 3. The van der Waals surface area contributed by atoms with Crippen LogP contribution in [0.25, 0.3) is 32.3 Å². The molecule has 0 aliphatic carbocycles. The van der Waals surface area contributed by atoms with Crippen LogP contribution in [0.15, 0.2) is 154 Å². The largest absolute Gasteiger partial charge is 0.489 e. The Morgan fingerprint density at radius 2 is 0.783 bits per heavy atom. The maximum Gasteiger partial charge on any atom is 0.422 e. The summed E-state index contributed by atoms with van der Waals surface area (Å²) in [5.74, 6) is 0.436. The van der Waals surface area contributed by atoms with Crippen molar-refractivity contribution < 1.29 is 41.4 Å². The molecule has 3 aliphatic heterocycles. The molecule has 4 aromatic heterocycles. The van der Waals surface area contributed by atoms with E-state index in [1.165, 1.54) is 26.2 Å². The van der Waals surface area contributed by atoms with Crippen molar-refractivity contribution in [2.24, 2.45) is 0 Å². The summed E-state index contributed by atoms with van der Waals surface area (Å²) in [5.41, 5.74) is 1.84. The van der Waals surface area contributed by atoms with Gasteiger partial charge in [-0.1, -0.05) is 84.9 Å². The second-order valence-electron chi connectivity index (χ2n) is 22.2. The Hall–Kier alpha value is -10.2. The van der Waals surface area contributed by atoms with Crippen molar-refractivity contribution in [3.05, 3.63) is 194 Å². The van der Waals surface area contributed by atoms with Gasteiger partial charge in [0, 0.05) is 114 Å². The Balaban J connectivity index is 0.000000152. The molecule has 5 aromatic carbocycles. The quantitative estimate of drug-likeness (QED) is 0.0785. The fourth-order valence-corrected chi connectivity index (χ4v) is 11.4. The zero-order valence-electron chi connectivity index (χ0n) is 51.8. The molecule has 3 fully saturated rings. The molecular formula is C67H71F4N13O8. The van der Waals surface area contributed by atoms with E-state index in [0.29, 0.717) is 148 Å². The Labute approximate surface area is 527 Å². The Morgan fingerprint density at radius 1 is 0.446 bits per heavy atom. The number of halogens is 4. The van der Waals surface area contributed by atoms with Gasteiger partial charge in [0.2, 0.25) is 5.95 Å². The molecule has 3 aliphatic rings. The number of amides is 3. The van der Waals surface area contributed by atoms with Gasteiger partial charge in [0.05, 0.1) is 33.6 Å². The number of aryl methyl sites for hydroxylation is 3. The van der Waals surface area contributed by atoms with Crippen molar-refractivity contribution in [3.8, 4) is 11.5 Å². The lowest BCUT2D eigenvalue weighted by molar-refractivity contribution is -0.153. The van der Waals surface area contributed by atoms with E-state index in [9.17, 15) is 46.3 Å². The van der Waals surface area contributed by atoms with Gasteiger partial charge in [-0.3, -0.25) is 28.8 Å². The lowest BCUT2D eigenvalue weighted by Gasteiger charge is -2.36. The zero-order chi connectivity index (χ0) is 65.2. The minimum Gasteiger partial charge on any atom is -0.489 e. The number of hydrogen-bond acceptors (Lipinski definition) is 15. The molecule has 9 aromatic rings. The Morgan fingerprint density at radius 3 is 1.14 bits per heavy atom. The van der Waals surface area contributed by atoms with Crippen molar-refractivity contribution in [2.75, 3.05) is 99.8 Å². The average molecular weight is 1260 g/mol. The molecule has 0 unspecified atom stereocenters. The minimum absolute atomic E-state index is 0.0950. The fraction of sp³-hybridized carbons (Fsp3) is 0.343. The number of pyridine rings is 1. The van der Waals surface area contributed by atoms with E-state index in [-0.39, 0.29) is 57.6 Å². The molecule has 0 radical (unpaired) electrons. The highest BCUT2D eigenvalue weighted by Crippen LogP contribution is 2.33. The molecule has 480 valence electrons. The number of hydrogen-bond donors (Lipinski definition) is 0. The van der Waals surface area contributed by atoms with Crippen LogP contribution in [0.3, 0.4) is 0 Å². The topological polar surface area (TPSA) is 207 Å². The van der Waals surface area contributed by atoms with Gasteiger partial charge >= 0.3 is 6.18 Å². The van der Waals surface area contributed by atoms with Crippen LogP contribution in [0, 0.1) is 5.95 Å². The number of aromatic nitrogens is 7. The molecule has 92 heavy (non-hydrogen) atoms. The fourth-order valence-electron chi connectivity index (χ4n) is 11.4. The first kappa shape index (κ1) is 64.8. The summed E-state index contributed by atoms with van der Waals surface area (Å²) >= 11 is 0. The molecule has 0 N–H and O–H groups in total. The molecule has 0 bridgehead atoms. The van der Waals surface area contributed by atoms with Gasteiger partial charge in [-0.25, -0.2) is 19.0 Å². The van der Waals surface area contributed by atoms with Crippen LogP contribution in [-0.2, 0) is 19.6 Å². The average Bonchev–Trinajstić information content (AvgIpc) is 0.809. The highest BCUT2D eigenvalue weighted by Gasteiger charge is 2.32. The summed E-state index contributed by atoms with van der Waals surface area (Å²) in [4.78, 5) is 92.6. The van der Waals surface area contributed by atoms with Gasteiger partial charge in [-0.2, -0.15) is 32.9 Å². The van der Waals surface area contributed by atoms with E-state index < -0.39 is 18.7 Å². The molecule has 0 atom stereocenters. The third-order valence-corrected chi connectivity index (χ3v) is 16.0. The van der Waals surface area contributed by atoms with Crippen molar-refractivity contribution >= 4 is 67.2 Å².